The van der Waals surface area contributed by atoms with E-state index in [-0.39, 0.29) is 6.54 Å². The molecular weight excluding hydrogens is 414 g/mol. The normalized spacial score (nSPS) is 12.0. The van der Waals surface area contributed by atoms with Crippen molar-refractivity contribution in [2.75, 3.05) is 6.54 Å². The molecule has 2 aromatic rings. The number of rotatable bonds is 6. The lowest BCUT2D eigenvalue weighted by molar-refractivity contribution is 0.441. The first kappa shape index (κ1) is 17.2. The molecule has 3 nitrogen and oxygen atoms in total. The van der Waals surface area contributed by atoms with E-state index >= 15 is 0 Å². The smallest absolute Gasteiger partial charge is 0.207 e. The van der Waals surface area contributed by atoms with E-state index in [1.54, 1.807) is 25.1 Å². The summed E-state index contributed by atoms with van der Waals surface area (Å²) in [5, 5.41) is 0. The SMILES string of the molecule is C=CCN(Cc1ccc(Cl)s1)S(=O)(=O)c1cc(Br)sc1C. The summed E-state index contributed by atoms with van der Waals surface area (Å²) in [5.74, 6) is 0. The highest BCUT2D eigenvalue weighted by atomic mass is 79.9. The van der Waals surface area contributed by atoms with Crippen molar-refractivity contribution in [1.82, 2.24) is 4.31 Å². The Bertz CT molecular complexity index is 751. The fourth-order valence-corrected chi connectivity index (χ4v) is 6.79. The number of nitrogens with zero attached hydrogens (tertiary/aromatic N) is 1. The van der Waals surface area contributed by atoms with Gasteiger partial charge in [-0.1, -0.05) is 17.7 Å². The highest BCUT2D eigenvalue weighted by Crippen LogP contribution is 2.32. The van der Waals surface area contributed by atoms with Gasteiger partial charge in [0.2, 0.25) is 10.0 Å². The van der Waals surface area contributed by atoms with E-state index < -0.39 is 10.0 Å². The molecule has 0 aliphatic heterocycles. The molecule has 2 rings (SSSR count). The Hall–Kier alpha value is -0.180. The standard InChI is InChI=1S/C13H13BrClNO2S3/c1-3-6-16(8-10-4-5-13(15)20-10)21(17,18)11-7-12(14)19-9(11)2/h3-5,7H,1,6,8H2,2H3. The Morgan fingerprint density at radius 1 is 1.43 bits per heavy atom. The van der Waals surface area contributed by atoms with Crippen LogP contribution in [0.25, 0.3) is 0 Å². The molecule has 8 heteroatoms. The van der Waals surface area contributed by atoms with Gasteiger partial charge < -0.3 is 0 Å². The van der Waals surface area contributed by atoms with Gasteiger partial charge in [-0.3, -0.25) is 0 Å². The van der Waals surface area contributed by atoms with Gasteiger partial charge in [-0.05, 0) is 41.1 Å². The molecule has 2 heterocycles. The predicted molar refractivity (Wildman–Crippen MR) is 93.9 cm³/mol. The van der Waals surface area contributed by atoms with Gasteiger partial charge in [0.05, 0.1) is 13.0 Å². The first-order valence-corrected chi connectivity index (χ1v) is 10.2. The summed E-state index contributed by atoms with van der Waals surface area (Å²) in [7, 11) is -3.56. The Labute approximate surface area is 146 Å². The topological polar surface area (TPSA) is 37.4 Å². The number of aryl methyl sites for hydroxylation is 1. The van der Waals surface area contributed by atoms with Crippen molar-refractivity contribution >= 4 is 60.2 Å². The van der Waals surface area contributed by atoms with Crippen molar-refractivity contribution in [1.29, 1.82) is 0 Å². The second-order valence-electron chi connectivity index (χ2n) is 4.26. The van der Waals surface area contributed by atoms with Gasteiger partial charge in [-0.2, -0.15) is 4.31 Å². The Balaban J connectivity index is 2.36. The summed E-state index contributed by atoms with van der Waals surface area (Å²) < 4.78 is 28.5. The maximum absolute atomic E-state index is 12.8. The Morgan fingerprint density at radius 3 is 2.62 bits per heavy atom. The predicted octanol–water partition coefficient (Wildman–Crippen LogP) is 4.91. The highest BCUT2D eigenvalue weighted by molar-refractivity contribution is 9.11. The zero-order valence-electron chi connectivity index (χ0n) is 11.2. The average molecular weight is 427 g/mol. The van der Waals surface area contributed by atoms with E-state index in [0.717, 1.165) is 13.5 Å². The molecule has 0 saturated carbocycles. The molecule has 114 valence electrons. The average Bonchev–Trinajstić information content (AvgIpc) is 2.95. The molecular formula is C13H13BrClNO2S3. The van der Waals surface area contributed by atoms with Crippen LogP contribution < -0.4 is 0 Å². The van der Waals surface area contributed by atoms with E-state index in [4.69, 9.17) is 11.6 Å². The van der Waals surface area contributed by atoms with Crippen LogP contribution in [0, 0.1) is 6.92 Å². The molecule has 0 aromatic carbocycles. The quantitative estimate of drug-likeness (QED) is 0.615. The number of halogens is 2. The lowest BCUT2D eigenvalue weighted by Gasteiger charge is -2.19. The van der Waals surface area contributed by atoms with Crippen molar-refractivity contribution in [2.24, 2.45) is 0 Å². The van der Waals surface area contributed by atoms with Crippen LogP contribution in [0.5, 0.6) is 0 Å². The maximum atomic E-state index is 12.8. The fourth-order valence-electron chi connectivity index (χ4n) is 1.83. The Kier molecular flexibility index (Phi) is 5.67. The first-order chi connectivity index (χ1) is 9.84. The Morgan fingerprint density at radius 2 is 2.14 bits per heavy atom. The van der Waals surface area contributed by atoms with Crippen LogP contribution in [0.1, 0.15) is 9.75 Å². The number of sulfonamides is 1. The zero-order chi connectivity index (χ0) is 15.6. The lowest BCUT2D eigenvalue weighted by atomic mass is 10.4. The van der Waals surface area contributed by atoms with Gasteiger partial charge in [-0.15, -0.1) is 29.3 Å². The van der Waals surface area contributed by atoms with Crippen LogP contribution in [0.15, 0.2) is 39.5 Å². The molecule has 0 aliphatic carbocycles. The van der Waals surface area contributed by atoms with E-state index in [1.807, 2.05) is 6.07 Å². The molecule has 0 aliphatic rings. The van der Waals surface area contributed by atoms with Crippen LogP contribution in [-0.4, -0.2) is 19.3 Å². The molecule has 0 radical (unpaired) electrons. The lowest BCUT2D eigenvalue weighted by Crippen LogP contribution is -2.30. The van der Waals surface area contributed by atoms with Gasteiger partial charge in [0.15, 0.2) is 0 Å². The zero-order valence-corrected chi connectivity index (χ0v) is 16.0. The first-order valence-electron chi connectivity index (χ1n) is 5.96. The van der Waals surface area contributed by atoms with E-state index in [0.29, 0.717) is 15.8 Å². The minimum atomic E-state index is -3.56. The molecule has 0 bridgehead atoms. The van der Waals surface area contributed by atoms with E-state index in [1.165, 1.54) is 27.0 Å². The highest BCUT2D eigenvalue weighted by Gasteiger charge is 2.27. The summed E-state index contributed by atoms with van der Waals surface area (Å²) in [6, 6.07) is 5.26. The molecule has 21 heavy (non-hydrogen) atoms. The van der Waals surface area contributed by atoms with Gasteiger partial charge in [0.1, 0.15) is 0 Å². The molecule has 0 unspecified atom stereocenters. The number of thiophene rings is 2. The van der Waals surface area contributed by atoms with Crippen LogP contribution in [0.4, 0.5) is 0 Å². The second-order valence-corrected chi connectivity index (χ2v) is 10.6. The number of hydrogen-bond donors (Lipinski definition) is 0. The van der Waals surface area contributed by atoms with E-state index in [9.17, 15) is 8.42 Å². The summed E-state index contributed by atoms with van der Waals surface area (Å²) >= 11 is 12.0. The van der Waals surface area contributed by atoms with Crippen molar-refractivity contribution in [3.63, 3.8) is 0 Å². The second kappa shape index (κ2) is 6.93. The third kappa shape index (κ3) is 3.97. The molecule has 0 amide bonds. The van der Waals surface area contributed by atoms with Gasteiger partial charge >= 0.3 is 0 Å². The van der Waals surface area contributed by atoms with Crippen molar-refractivity contribution < 1.29 is 8.42 Å². The largest absolute Gasteiger partial charge is 0.244 e. The minimum Gasteiger partial charge on any atom is -0.207 e. The molecule has 0 spiro atoms. The van der Waals surface area contributed by atoms with Crippen molar-refractivity contribution in [2.45, 2.75) is 18.4 Å². The van der Waals surface area contributed by atoms with Crippen LogP contribution in [0.2, 0.25) is 4.34 Å². The van der Waals surface area contributed by atoms with E-state index in [2.05, 4.69) is 22.5 Å². The van der Waals surface area contributed by atoms with Gasteiger partial charge in [-0.25, -0.2) is 8.42 Å². The van der Waals surface area contributed by atoms with Crippen LogP contribution in [-0.2, 0) is 16.6 Å². The van der Waals surface area contributed by atoms with Gasteiger partial charge in [0, 0.05) is 22.8 Å². The summed E-state index contributed by atoms with van der Waals surface area (Å²) in [4.78, 5) is 2.00. The maximum Gasteiger partial charge on any atom is 0.244 e. The molecule has 0 atom stereocenters. The molecule has 2 aromatic heterocycles. The van der Waals surface area contributed by atoms with Gasteiger partial charge in [0.25, 0.3) is 0 Å². The number of hydrogen-bond acceptors (Lipinski definition) is 4. The fraction of sp³-hybridized carbons (Fsp3) is 0.231. The molecule has 0 fully saturated rings. The van der Waals surface area contributed by atoms with Crippen LogP contribution >= 0.6 is 50.2 Å². The van der Waals surface area contributed by atoms with Crippen LogP contribution in [0.3, 0.4) is 0 Å². The van der Waals surface area contributed by atoms with Crippen molar-refractivity contribution in [3.05, 3.63) is 48.7 Å². The molecule has 0 N–H and O–H groups in total. The summed E-state index contributed by atoms with van der Waals surface area (Å²) in [5.41, 5.74) is 0. The third-order valence-electron chi connectivity index (χ3n) is 2.75. The third-order valence-corrected chi connectivity index (χ3v) is 7.59. The monoisotopic (exact) mass is 425 g/mol. The summed E-state index contributed by atoms with van der Waals surface area (Å²) in [6.07, 6.45) is 1.59. The summed E-state index contributed by atoms with van der Waals surface area (Å²) in [6.45, 7) is 5.99. The van der Waals surface area contributed by atoms with Crippen molar-refractivity contribution in [3.8, 4) is 0 Å². The minimum absolute atomic E-state index is 0.255. The molecule has 0 saturated heterocycles.